The SMILES string of the molecule is FC(F)(F)Oc1ccc(NC(=S)N2CCCN(Cc3cccnc3)CC2)cc1. The second kappa shape index (κ2) is 9.20. The Bertz CT molecular complexity index is 771. The smallest absolute Gasteiger partial charge is 0.406 e. The number of nitrogens with one attached hydrogen (secondary N) is 1. The lowest BCUT2D eigenvalue weighted by Gasteiger charge is -2.24. The molecule has 9 heteroatoms. The van der Waals surface area contributed by atoms with Gasteiger partial charge in [0.15, 0.2) is 5.11 Å². The molecule has 150 valence electrons. The summed E-state index contributed by atoms with van der Waals surface area (Å²) in [5, 5.41) is 3.65. The monoisotopic (exact) mass is 410 g/mol. The number of ether oxygens (including phenoxy) is 1. The van der Waals surface area contributed by atoms with Gasteiger partial charge in [0.1, 0.15) is 5.75 Å². The van der Waals surface area contributed by atoms with Gasteiger partial charge in [-0.25, -0.2) is 0 Å². The molecule has 1 aromatic heterocycles. The molecule has 0 atom stereocenters. The molecule has 0 spiro atoms. The molecule has 28 heavy (non-hydrogen) atoms. The van der Waals surface area contributed by atoms with Crippen LogP contribution in [-0.4, -0.2) is 52.4 Å². The molecular weight excluding hydrogens is 389 g/mol. The van der Waals surface area contributed by atoms with E-state index in [4.69, 9.17) is 12.2 Å². The molecule has 0 radical (unpaired) electrons. The van der Waals surface area contributed by atoms with E-state index < -0.39 is 6.36 Å². The fourth-order valence-corrected chi connectivity index (χ4v) is 3.32. The normalized spacial score (nSPS) is 15.8. The van der Waals surface area contributed by atoms with E-state index in [0.717, 1.165) is 39.1 Å². The van der Waals surface area contributed by atoms with Crippen LogP contribution < -0.4 is 10.1 Å². The van der Waals surface area contributed by atoms with Crippen LogP contribution in [0.5, 0.6) is 5.75 Å². The average Bonchev–Trinajstić information content (AvgIpc) is 2.89. The molecule has 1 aromatic carbocycles. The quantitative estimate of drug-likeness (QED) is 0.772. The minimum absolute atomic E-state index is 0.259. The fourth-order valence-electron chi connectivity index (χ4n) is 3.02. The van der Waals surface area contributed by atoms with Crippen LogP contribution in [0.2, 0.25) is 0 Å². The van der Waals surface area contributed by atoms with Gasteiger partial charge in [-0.1, -0.05) is 6.07 Å². The highest BCUT2D eigenvalue weighted by atomic mass is 32.1. The van der Waals surface area contributed by atoms with Gasteiger partial charge < -0.3 is 15.0 Å². The summed E-state index contributed by atoms with van der Waals surface area (Å²) in [5.74, 6) is -0.259. The van der Waals surface area contributed by atoms with E-state index in [-0.39, 0.29) is 5.75 Å². The molecule has 5 nitrogen and oxygen atoms in total. The molecule has 0 saturated carbocycles. The van der Waals surface area contributed by atoms with Crippen LogP contribution in [-0.2, 0) is 6.54 Å². The molecule has 2 heterocycles. The van der Waals surface area contributed by atoms with E-state index in [9.17, 15) is 13.2 Å². The third-order valence-electron chi connectivity index (χ3n) is 4.34. The number of rotatable bonds is 4. The number of alkyl halides is 3. The molecule has 0 amide bonds. The number of aromatic nitrogens is 1. The van der Waals surface area contributed by atoms with Crippen LogP contribution in [0, 0.1) is 0 Å². The van der Waals surface area contributed by atoms with Crippen molar-refractivity contribution in [1.82, 2.24) is 14.8 Å². The molecule has 1 N–H and O–H groups in total. The van der Waals surface area contributed by atoms with Gasteiger partial charge in [-0.3, -0.25) is 9.88 Å². The van der Waals surface area contributed by atoms with Gasteiger partial charge in [0, 0.05) is 50.8 Å². The van der Waals surface area contributed by atoms with Crippen LogP contribution >= 0.6 is 12.2 Å². The lowest BCUT2D eigenvalue weighted by atomic mass is 10.2. The molecule has 2 aromatic rings. The number of thiocarbonyl (C=S) groups is 1. The van der Waals surface area contributed by atoms with E-state index in [1.54, 1.807) is 6.20 Å². The van der Waals surface area contributed by atoms with Gasteiger partial charge in [0.2, 0.25) is 0 Å². The van der Waals surface area contributed by atoms with Crippen LogP contribution in [0.15, 0.2) is 48.8 Å². The highest BCUT2D eigenvalue weighted by molar-refractivity contribution is 7.80. The maximum absolute atomic E-state index is 12.2. The Hall–Kier alpha value is -2.39. The second-order valence-electron chi connectivity index (χ2n) is 6.48. The first kappa shape index (κ1) is 20.3. The standard InChI is InChI=1S/C19H21F3N4OS/c20-19(21,22)27-17-6-4-16(5-7-17)24-18(28)26-10-2-9-25(11-12-26)14-15-3-1-8-23-13-15/h1,3-8,13H,2,9-12,14H2,(H,24,28). The Morgan fingerprint density at radius 3 is 2.57 bits per heavy atom. The van der Waals surface area contributed by atoms with Crippen molar-refractivity contribution in [3.8, 4) is 5.75 Å². The van der Waals surface area contributed by atoms with E-state index in [2.05, 4.69) is 30.9 Å². The number of hydrogen-bond acceptors (Lipinski definition) is 4. The lowest BCUT2D eigenvalue weighted by molar-refractivity contribution is -0.274. The number of halogens is 3. The lowest BCUT2D eigenvalue weighted by Crippen LogP contribution is -2.37. The van der Waals surface area contributed by atoms with Crippen molar-refractivity contribution in [2.24, 2.45) is 0 Å². The Labute approximate surface area is 167 Å². The minimum Gasteiger partial charge on any atom is -0.406 e. The number of anilines is 1. The largest absolute Gasteiger partial charge is 0.573 e. The highest BCUT2D eigenvalue weighted by Crippen LogP contribution is 2.24. The van der Waals surface area contributed by atoms with E-state index >= 15 is 0 Å². The predicted octanol–water partition coefficient (Wildman–Crippen LogP) is 3.88. The third-order valence-corrected chi connectivity index (χ3v) is 4.70. The Kier molecular flexibility index (Phi) is 6.69. The summed E-state index contributed by atoms with van der Waals surface area (Å²) >= 11 is 5.48. The topological polar surface area (TPSA) is 40.6 Å². The van der Waals surface area contributed by atoms with Crippen molar-refractivity contribution in [1.29, 1.82) is 0 Å². The zero-order chi connectivity index (χ0) is 20.0. The Morgan fingerprint density at radius 2 is 1.89 bits per heavy atom. The average molecular weight is 410 g/mol. The van der Waals surface area contributed by atoms with E-state index in [1.165, 1.54) is 29.8 Å². The van der Waals surface area contributed by atoms with Crippen molar-refractivity contribution in [3.05, 3.63) is 54.4 Å². The first-order chi connectivity index (χ1) is 13.4. The molecular formula is C19H21F3N4OS. The van der Waals surface area contributed by atoms with Crippen molar-refractivity contribution < 1.29 is 17.9 Å². The van der Waals surface area contributed by atoms with Crippen molar-refractivity contribution >= 4 is 23.0 Å². The number of nitrogens with zero attached hydrogens (tertiary/aromatic N) is 3. The number of benzene rings is 1. The zero-order valence-corrected chi connectivity index (χ0v) is 16.0. The first-order valence-corrected chi connectivity index (χ1v) is 9.33. The molecule has 1 saturated heterocycles. The van der Waals surface area contributed by atoms with Crippen LogP contribution in [0.25, 0.3) is 0 Å². The summed E-state index contributed by atoms with van der Waals surface area (Å²) in [4.78, 5) is 8.60. The van der Waals surface area contributed by atoms with Crippen molar-refractivity contribution in [3.63, 3.8) is 0 Å². The summed E-state index contributed by atoms with van der Waals surface area (Å²) in [6.07, 6.45) is -0.0843. The predicted molar refractivity (Wildman–Crippen MR) is 105 cm³/mol. The van der Waals surface area contributed by atoms with Gasteiger partial charge in [0.25, 0.3) is 0 Å². The third kappa shape index (κ3) is 6.35. The van der Waals surface area contributed by atoms with E-state index in [0.29, 0.717) is 10.8 Å². The molecule has 0 aliphatic carbocycles. The van der Waals surface area contributed by atoms with Gasteiger partial charge >= 0.3 is 6.36 Å². The molecule has 1 fully saturated rings. The fraction of sp³-hybridized carbons (Fsp3) is 0.368. The van der Waals surface area contributed by atoms with Crippen molar-refractivity contribution in [2.75, 3.05) is 31.5 Å². The molecule has 1 aliphatic heterocycles. The molecule has 3 rings (SSSR count). The molecule has 0 unspecified atom stereocenters. The Morgan fingerprint density at radius 1 is 1.11 bits per heavy atom. The summed E-state index contributed by atoms with van der Waals surface area (Å²) in [5.41, 5.74) is 1.80. The summed E-state index contributed by atoms with van der Waals surface area (Å²) < 4.78 is 40.6. The maximum atomic E-state index is 12.2. The second-order valence-corrected chi connectivity index (χ2v) is 6.87. The van der Waals surface area contributed by atoms with Gasteiger partial charge in [-0.05, 0) is 54.5 Å². The summed E-state index contributed by atoms with van der Waals surface area (Å²) in [6.45, 7) is 4.29. The van der Waals surface area contributed by atoms with Gasteiger partial charge in [0.05, 0.1) is 0 Å². The highest BCUT2D eigenvalue weighted by Gasteiger charge is 2.31. The summed E-state index contributed by atoms with van der Waals surface area (Å²) in [7, 11) is 0. The number of hydrogen-bond donors (Lipinski definition) is 1. The minimum atomic E-state index is -4.70. The number of pyridine rings is 1. The van der Waals surface area contributed by atoms with Crippen LogP contribution in [0.1, 0.15) is 12.0 Å². The van der Waals surface area contributed by atoms with E-state index in [1.807, 2.05) is 12.3 Å². The van der Waals surface area contributed by atoms with Crippen LogP contribution in [0.3, 0.4) is 0 Å². The van der Waals surface area contributed by atoms with Gasteiger partial charge in [-0.15, -0.1) is 13.2 Å². The Balaban J connectivity index is 1.50. The summed E-state index contributed by atoms with van der Waals surface area (Å²) in [6, 6.07) is 9.55. The molecule has 0 bridgehead atoms. The zero-order valence-electron chi connectivity index (χ0n) is 15.2. The first-order valence-electron chi connectivity index (χ1n) is 8.92. The van der Waals surface area contributed by atoms with Gasteiger partial charge in [-0.2, -0.15) is 0 Å². The maximum Gasteiger partial charge on any atom is 0.573 e. The molecule has 1 aliphatic rings. The van der Waals surface area contributed by atoms with Crippen LogP contribution in [0.4, 0.5) is 18.9 Å². The van der Waals surface area contributed by atoms with Crippen molar-refractivity contribution in [2.45, 2.75) is 19.3 Å².